The van der Waals surface area contributed by atoms with Crippen LogP contribution in [0.15, 0.2) is 52.4 Å². The third-order valence-corrected chi connectivity index (χ3v) is 5.54. The summed E-state index contributed by atoms with van der Waals surface area (Å²) in [4.78, 5) is 20.5. The minimum atomic E-state index is 0.0412. The molecule has 0 aliphatic carbocycles. The zero-order valence-corrected chi connectivity index (χ0v) is 16.7. The SMILES string of the molecule is COc1ccc(-c2nc(SCc3cc(=O)c4c(C)ccc(C)c4[nH]3)n[nH]2)cc1. The Labute approximate surface area is 166 Å². The van der Waals surface area contributed by atoms with Gasteiger partial charge in [0.15, 0.2) is 11.3 Å². The highest BCUT2D eigenvalue weighted by molar-refractivity contribution is 7.98. The molecule has 2 N–H and O–H groups in total. The number of aromatic amines is 2. The van der Waals surface area contributed by atoms with E-state index in [1.807, 2.05) is 50.2 Å². The molecule has 2 heterocycles. The molecule has 4 rings (SSSR count). The maximum Gasteiger partial charge on any atom is 0.209 e. The highest BCUT2D eigenvalue weighted by Gasteiger charge is 2.10. The predicted molar refractivity (Wildman–Crippen MR) is 112 cm³/mol. The molecule has 2 aromatic carbocycles. The standard InChI is InChI=1S/C21H20N4O2S/c1-12-4-5-13(2)19-18(12)17(26)10-15(22-19)11-28-21-23-20(24-25-21)14-6-8-16(27-3)9-7-14/h4-10H,11H2,1-3H3,(H,22,26)(H,23,24,25). The van der Waals surface area contributed by atoms with E-state index in [-0.39, 0.29) is 5.43 Å². The van der Waals surface area contributed by atoms with Crippen LogP contribution in [0.5, 0.6) is 5.75 Å². The van der Waals surface area contributed by atoms with Crippen molar-refractivity contribution in [2.45, 2.75) is 24.8 Å². The predicted octanol–water partition coefficient (Wildman–Crippen LogP) is 4.23. The molecule has 0 amide bonds. The van der Waals surface area contributed by atoms with Gasteiger partial charge in [0, 0.05) is 28.5 Å². The minimum absolute atomic E-state index is 0.0412. The van der Waals surface area contributed by atoms with Crippen molar-refractivity contribution in [1.82, 2.24) is 20.2 Å². The molecule has 0 bridgehead atoms. The van der Waals surface area contributed by atoms with Gasteiger partial charge in [0.1, 0.15) is 5.75 Å². The first kappa shape index (κ1) is 18.3. The number of H-pyrrole nitrogens is 2. The second-order valence-corrected chi connectivity index (χ2v) is 7.53. The quantitative estimate of drug-likeness (QED) is 0.497. The van der Waals surface area contributed by atoms with E-state index in [0.717, 1.165) is 39.0 Å². The summed E-state index contributed by atoms with van der Waals surface area (Å²) in [5.41, 5.74) is 4.78. The molecular weight excluding hydrogens is 372 g/mol. The van der Waals surface area contributed by atoms with E-state index in [1.54, 1.807) is 13.2 Å². The van der Waals surface area contributed by atoms with E-state index in [9.17, 15) is 4.79 Å². The number of hydrogen-bond acceptors (Lipinski definition) is 5. The lowest BCUT2D eigenvalue weighted by atomic mass is 10.0. The Morgan fingerprint density at radius 1 is 1.07 bits per heavy atom. The number of hydrogen-bond donors (Lipinski definition) is 2. The van der Waals surface area contributed by atoms with Gasteiger partial charge in [0.05, 0.1) is 12.6 Å². The van der Waals surface area contributed by atoms with Crippen molar-refractivity contribution in [2.75, 3.05) is 7.11 Å². The van der Waals surface area contributed by atoms with Gasteiger partial charge in [-0.25, -0.2) is 4.98 Å². The molecule has 0 spiro atoms. The Bertz CT molecular complexity index is 1200. The van der Waals surface area contributed by atoms with E-state index in [1.165, 1.54) is 11.8 Å². The molecule has 0 aliphatic rings. The number of methoxy groups -OCH3 is 1. The highest BCUT2D eigenvalue weighted by Crippen LogP contribution is 2.24. The van der Waals surface area contributed by atoms with Crippen LogP contribution in [0.3, 0.4) is 0 Å². The number of thioether (sulfide) groups is 1. The number of nitrogens with one attached hydrogen (secondary N) is 2. The lowest BCUT2D eigenvalue weighted by Crippen LogP contribution is -2.07. The zero-order valence-electron chi connectivity index (χ0n) is 15.9. The summed E-state index contributed by atoms with van der Waals surface area (Å²) in [7, 11) is 1.64. The second-order valence-electron chi connectivity index (χ2n) is 6.59. The van der Waals surface area contributed by atoms with Crippen LogP contribution >= 0.6 is 11.8 Å². The number of nitrogens with zero attached hydrogens (tertiary/aromatic N) is 2. The van der Waals surface area contributed by atoms with E-state index < -0.39 is 0 Å². The molecule has 7 heteroatoms. The van der Waals surface area contributed by atoms with E-state index in [2.05, 4.69) is 20.2 Å². The van der Waals surface area contributed by atoms with Gasteiger partial charge >= 0.3 is 0 Å². The van der Waals surface area contributed by atoms with Crippen LogP contribution < -0.4 is 10.2 Å². The van der Waals surface area contributed by atoms with E-state index in [0.29, 0.717) is 16.7 Å². The van der Waals surface area contributed by atoms with Crippen molar-refractivity contribution in [3.05, 3.63) is 69.5 Å². The number of benzene rings is 2. The summed E-state index contributed by atoms with van der Waals surface area (Å²) >= 11 is 1.48. The van der Waals surface area contributed by atoms with E-state index >= 15 is 0 Å². The van der Waals surface area contributed by atoms with Gasteiger partial charge < -0.3 is 9.72 Å². The first-order valence-electron chi connectivity index (χ1n) is 8.87. The number of aromatic nitrogens is 4. The smallest absolute Gasteiger partial charge is 0.209 e. The molecule has 0 aliphatic heterocycles. The van der Waals surface area contributed by atoms with Crippen LogP contribution in [0.1, 0.15) is 16.8 Å². The molecule has 0 saturated carbocycles. The number of ether oxygens (including phenoxy) is 1. The van der Waals surface area contributed by atoms with Crippen LogP contribution in [0.4, 0.5) is 0 Å². The van der Waals surface area contributed by atoms with Gasteiger partial charge in [-0.3, -0.25) is 9.89 Å². The summed E-state index contributed by atoms with van der Waals surface area (Å²) in [5, 5.41) is 8.62. The lowest BCUT2D eigenvalue weighted by molar-refractivity contribution is 0.415. The van der Waals surface area contributed by atoms with E-state index in [4.69, 9.17) is 4.74 Å². The normalized spacial score (nSPS) is 11.1. The molecule has 142 valence electrons. The fourth-order valence-corrected chi connectivity index (χ4v) is 3.83. The third-order valence-electron chi connectivity index (χ3n) is 4.64. The van der Waals surface area contributed by atoms with Crippen molar-refractivity contribution in [2.24, 2.45) is 0 Å². The van der Waals surface area contributed by atoms with Crippen molar-refractivity contribution in [1.29, 1.82) is 0 Å². The average molecular weight is 392 g/mol. The number of pyridine rings is 1. The summed E-state index contributed by atoms with van der Waals surface area (Å²) < 4.78 is 5.17. The molecule has 6 nitrogen and oxygen atoms in total. The van der Waals surface area contributed by atoms with Gasteiger partial charge in [0.2, 0.25) is 5.16 Å². The largest absolute Gasteiger partial charge is 0.497 e. The fourth-order valence-electron chi connectivity index (χ4n) is 3.13. The average Bonchev–Trinajstić information content (AvgIpc) is 3.18. The van der Waals surface area contributed by atoms with Crippen LogP contribution in [0.2, 0.25) is 0 Å². The zero-order chi connectivity index (χ0) is 19.7. The van der Waals surface area contributed by atoms with Crippen molar-refractivity contribution in [3.8, 4) is 17.1 Å². The highest BCUT2D eigenvalue weighted by atomic mass is 32.2. The monoisotopic (exact) mass is 392 g/mol. The molecule has 28 heavy (non-hydrogen) atoms. The van der Waals surface area contributed by atoms with Crippen LogP contribution in [-0.2, 0) is 5.75 Å². The topological polar surface area (TPSA) is 83.7 Å². The number of aryl methyl sites for hydroxylation is 2. The Kier molecular flexibility index (Phi) is 4.92. The van der Waals surface area contributed by atoms with Crippen LogP contribution in [0, 0.1) is 13.8 Å². The Hall–Kier alpha value is -3.06. The molecule has 4 aromatic rings. The maximum absolute atomic E-state index is 12.5. The lowest BCUT2D eigenvalue weighted by Gasteiger charge is -2.08. The van der Waals surface area contributed by atoms with Crippen molar-refractivity contribution in [3.63, 3.8) is 0 Å². The number of fused-ring (bicyclic) bond motifs is 1. The molecule has 0 unspecified atom stereocenters. The van der Waals surface area contributed by atoms with Gasteiger partial charge in [-0.2, -0.15) is 0 Å². The summed E-state index contributed by atoms with van der Waals surface area (Å²) in [6.45, 7) is 3.96. The maximum atomic E-state index is 12.5. The fraction of sp³-hybridized carbons (Fsp3) is 0.190. The molecule has 0 saturated heterocycles. The number of rotatable bonds is 5. The molecule has 0 fully saturated rings. The van der Waals surface area contributed by atoms with Crippen molar-refractivity contribution < 1.29 is 4.74 Å². The Morgan fingerprint density at radius 3 is 2.57 bits per heavy atom. The Balaban J connectivity index is 1.54. The van der Waals surface area contributed by atoms with Gasteiger partial charge in [0.25, 0.3) is 0 Å². The summed E-state index contributed by atoms with van der Waals surface area (Å²) in [6, 6.07) is 13.3. The van der Waals surface area contributed by atoms with Gasteiger partial charge in [-0.1, -0.05) is 23.9 Å². The first-order chi connectivity index (χ1) is 13.5. The first-order valence-corrected chi connectivity index (χ1v) is 9.85. The van der Waals surface area contributed by atoms with Gasteiger partial charge in [-0.15, -0.1) is 5.10 Å². The minimum Gasteiger partial charge on any atom is -0.497 e. The second kappa shape index (κ2) is 7.52. The Morgan fingerprint density at radius 2 is 1.82 bits per heavy atom. The summed E-state index contributed by atoms with van der Waals surface area (Å²) in [6.07, 6.45) is 0. The molecule has 0 atom stereocenters. The summed E-state index contributed by atoms with van der Waals surface area (Å²) in [5.74, 6) is 2.07. The molecule has 2 aromatic heterocycles. The molecule has 0 radical (unpaired) electrons. The van der Waals surface area contributed by atoms with Crippen molar-refractivity contribution >= 4 is 22.7 Å². The van der Waals surface area contributed by atoms with Crippen LogP contribution in [0.25, 0.3) is 22.3 Å². The van der Waals surface area contributed by atoms with Crippen LogP contribution in [-0.4, -0.2) is 27.3 Å². The molecular formula is C21H20N4O2S. The third kappa shape index (κ3) is 3.53. The van der Waals surface area contributed by atoms with Gasteiger partial charge in [-0.05, 0) is 49.2 Å².